The Hall–Kier alpha value is -2.18. The van der Waals surface area contributed by atoms with Gasteiger partial charge in [-0.3, -0.25) is 14.5 Å². The van der Waals surface area contributed by atoms with Crippen LogP contribution >= 0.6 is 23.4 Å². The molecule has 2 heterocycles. The van der Waals surface area contributed by atoms with Crippen LogP contribution in [0.5, 0.6) is 0 Å². The Morgan fingerprint density at radius 1 is 1.17 bits per heavy atom. The highest BCUT2D eigenvalue weighted by Gasteiger charge is 2.35. The van der Waals surface area contributed by atoms with Gasteiger partial charge in [-0.25, -0.2) is 0 Å². The molecule has 24 heavy (non-hydrogen) atoms. The van der Waals surface area contributed by atoms with Crippen molar-refractivity contribution in [1.82, 2.24) is 4.90 Å². The van der Waals surface area contributed by atoms with Crippen molar-refractivity contribution in [3.63, 3.8) is 0 Å². The van der Waals surface area contributed by atoms with E-state index in [4.69, 9.17) is 16.0 Å². The number of thioether (sulfide) groups is 1. The second kappa shape index (κ2) is 6.75. The summed E-state index contributed by atoms with van der Waals surface area (Å²) in [6.45, 7) is 0.222. The topological polar surface area (TPSA) is 53.8 Å². The van der Waals surface area contributed by atoms with E-state index >= 15 is 0 Å². The van der Waals surface area contributed by atoms with E-state index in [-0.39, 0.29) is 17.7 Å². The molecule has 7 heteroatoms. The molecule has 0 N–H and O–H groups in total. The van der Waals surface area contributed by atoms with Crippen LogP contribution in [0.15, 0.2) is 45.7 Å². The van der Waals surface area contributed by atoms with Gasteiger partial charge in [0, 0.05) is 31.3 Å². The fraction of sp³-hybridized carbons (Fsp3) is 0.176. The van der Waals surface area contributed by atoms with Crippen molar-refractivity contribution in [2.24, 2.45) is 0 Å². The summed E-state index contributed by atoms with van der Waals surface area (Å²) in [7, 11) is 3.73. The highest BCUT2D eigenvalue weighted by molar-refractivity contribution is 8.18. The first-order valence-corrected chi connectivity index (χ1v) is 8.40. The van der Waals surface area contributed by atoms with Crippen LogP contribution in [0.1, 0.15) is 11.3 Å². The molecule has 1 aliphatic heterocycles. The van der Waals surface area contributed by atoms with Crippen molar-refractivity contribution in [2.75, 3.05) is 19.0 Å². The molecule has 0 radical (unpaired) electrons. The van der Waals surface area contributed by atoms with Gasteiger partial charge in [-0.1, -0.05) is 23.7 Å². The van der Waals surface area contributed by atoms with E-state index in [2.05, 4.69) is 0 Å². The Morgan fingerprint density at radius 3 is 2.50 bits per heavy atom. The lowest BCUT2D eigenvalue weighted by Gasteiger charge is -2.12. The quantitative estimate of drug-likeness (QED) is 0.761. The maximum atomic E-state index is 12.5. The van der Waals surface area contributed by atoms with E-state index in [0.717, 1.165) is 17.3 Å². The summed E-state index contributed by atoms with van der Waals surface area (Å²) in [6, 6.07) is 10.6. The van der Waals surface area contributed by atoms with Gasteiger partial charge in [0.2, 0.25) is 0 Å². The molecule has 0 bridgehead atoms. The van der Waals surface area contributed by atoms with Crippen molar-refractivity contribution >= 4 is 46.5 Å². The first kappa shape index (κ1) is 16.7. The number of nitrogens with zero attached hydrogens (tertiary/aromatic N) is 2. The zero-order chi connectivity index (χ0) is 17.3. The van der Waals surface area contributed by atoms with Crippen molar-refractivity contribution in [2.45, 2.75) is 6.54 Å². The summed E-state index contributed by atoms with van der Waals surface area (Å²) in [6.07, 6.45) is 1.60. The third kappa shape index (κ3) is 3.49. The Kier molecular flexibility index (Phi) is 4.69. The van der Waals surface area contributed by atoms with E-state index in [1.165, 1.54) is 4.90 Å². The van der Waals surface area contributed by atoms with Gasteiger partial charge in [-0.05, 0) is 35.5 Å². The van der Waals surface area contributed by atoms with Crippen LogP contribution in [-0.4, -0.2) is 30.1 Å². The smallest absolute Gasteiger partial charge is 0.293 e. The van der Waals surface area contributed by atoms with E-state index < -0.39 is 0 Å². The van der Waals surface area contributed by atoms with Crippen LogP contribution in [0.4, 0.5) is 10.7 Å². The largest absolute Gasteiger partial charge is 0.441 e. The van der Waals surface area contributed by atoms with Gasteiger partial charge in [0.15, 0.2) is 5.88 Å². The normalized spacial score (nSPS) is 16.3. The number of furan rings is 1. The SMILES string of the molecule is CN(C)c1ccc(/C=C2\SC(=O)N(Cc3ccc(Cl)cc3)C2=O)o1. The Bertz CT molecular complexity index is 811. The number of halogens is 1. The van der Waals surface area contributed by atoms with Crippen molar-refractivity contribution < 1.29 is 14.0 Å². The molecule has 0 aliphatic carbocycles. The summed E-state index contributed by atoms with van der Waals surface area (Å²) in [5.74, 6) is 0.903. The molecular weight excluding hydrogens is 348 g/mol. The average molecular weight is 363 g/mol. The summed E-state index contributed by atoms with van der Waals surface area (Å²) in [5.41, 5.74) is 0.843. The predicted octanol–water partition coefficient (Wildman–Crippen LogP) is 4.24. The molecule has 0 unspecified atom stereocenters. The standard InChI is InChI=1S/C17H15ClN2O3S/c1-19(2)15-8-7-13(23-15)9-14-16(21)20(17(22)24-14)10-11-3-5-12(18)6-4-11/h3-9H,10H2,1-2H3/b14-9-. The van der Waals surface area contributed by atoms with E-state index in [1.54, 1.807) is 36.4 Å². The first-order valence-electron chi connectivity index (χ1n) is 7.21. The van der Waals surface area contributed by atoms with Crippen LogP contribution < -0.4 is 4.90 Å². The van der Waals surface area contributed by atoms with Gasteiger partial charge < -0.3 is 9.32 Å². The number of amides is 2. The Morgan fingerprint density at radius 2 is 1.88 bits per heavy atom. The van der Waals surface area contributed by atoms with Gasteiger partial charge >= 0.3 is 0 Å². The molecular formula is C17H15ClN2O3S. The molecule has 1 aromatic carbocycles. The van der Waals surface area contributed by atoms with E-state index in [9.17, 15) is 9.59 Å². The van der Waals surface area contributed by atoms with Crippen LogP contribution in [0.3, 0.4) is 0 Å². The fourth-order valence-electron chi connectivity index (χ4n) is 2.20. The zero-order valence-electron chi connectivity index (χ0n) is 13.2. The molecule has 2 amide bonds. The molecule has 1 aromatic heterocycles. The predicted molar refractivity (Wildman–Crippen MR) is 96.0 cm³/mol. The second-order valence-electron chi connectivity index (χ2n) is 5.46. The maximum Gasteiger partial charge on any atom is 0.293 e. The van der Waals surface area contributed by atoms with Crippen LogP contribution in [0.2, 0.25) is 5.02 Å². The summed E-state index contributed by atoms with van der Waals surface area (Å²) < 4.78 is 5.60. The number of carbonyl (C=O) groups is 2. The van der Waals surface area contributed by atoms with Gasteiger partial charge in [0.05, 0.1) is 11.4 Å². The second-order valence-corrected chi connectivity index (χ2v) is 6.89. The van der Waals surface area contributed by atoms with Gasteiger partial charge in [0.1, 0.15) is 5.76 Å². The Balaban J connectivity index is 1.77. The molecule has 1 fully saturated rings. The number of benzene rings is 1. The average Bonchev–Trinajstić information content (AvgIpc) is 3.10. The summed E-state index contributed by atoms with van der Waals surface area (Å²) in [4.78, 5) is 28.0. The minimum Gasteiger partial charge on any atom is -0.441 e. The van der Waals surface area contributed by atoms with Gasteiger partial charge in [0.25, 0.3) is 11.1 Å². The minimum atomic E-state index is -0.317. The molecule has 5 nitrogen and oxygen atoms in total. The zero-order valence-corrected chi connectivity index (χ0v) is 14.7. The minimum absolute atomic E-state index is 0.222. The van der Waals surface area contributed by atoms with Crippen molar-refractivity contribution in [3.8, 4) is 0 Å². The lowest BCUT2D eigenvalue weighted by atomic mass is 10.2. The third-order valence-electron chi connectivity index (χ3n) is 3.45. The number of hydrogen-bond donors (Lipinski definition) is 0. The van der Waals surface area contributed by atoms with Crippen molar-refractivity contribution in [3.05, 3.63) is 57.6 Å². The first-order chi connectivity index (χ1) is 11.4. The molecule has 3 rings (SSSR count). The number of anilines is 1. The van der Waals surface area contributed by atoms with Crippen LogP contribution in [-0.2, 0) is 11.3 Å². The van der Waals surface area contributed by atoms with E-state index in [1.807, 2.05) is 25.1 Å². The number of hydrogen-bond acceptors (Lipinski definition) is 5. The van der Waals surface area contributed by atoms with E-state index in [0.29, 0.717) is 21.6 Å². The highest BCUT2D eigenvalue weighted by atomic mass is 35.5. The fourth-order valence-corrected chi connectivity index (χ4v) is 3.14. The lowest BCUT2D eigenvalue weighted by Crippen LogP contribution is -2.27. The molecule has 124 valence electrons. The molecule has 1 saturated heterocycles. The number of carbonyl (C=O) groups excluding carboxylic acids is 2. The Labute approximate surface area is 148 Å². The molecule has 1 aliphatic rings. The molecule has 2 aromatic rings. The number of rotatable bonds is 4. The monoisotopic (exact) mass is 362 g/mol. The summed E-state index contributed by atoms with van der Waals surface area (Å²) >= 11 is 6.76. The maximum absolute atomic E-state index is 12.5. The molecule has 0 atom stereocenters. The van der Waals surface area contributed by atoms with Crippen LogP contribution in [0, 0.1) is 0 Å². The summed E-state index contributed by atoms with van der Waals surface area (Å²) in [5, 5.41) is 0.322. The van der Waals surface area contributed by atoms with Crippen LogP contribution in [0.25, 0.3) is 6.08 Å². The van der Waals surface area contributed by atoms with Gasteiger partial charge in [-0.2, -0.15) is 0 Å². The highest BCUT2D eigenvalue weighted by Crippen LogP contribution is 2.34. The van der Waals surface area contributed by atoms with Crippen molar-refractivity contribution in [1.29, 1.82) is 0 Å². The third-order valence-corrected chi connectivity index (χ3v) is 4.61. The molecule has 0 saturated carbocycles. The molecule has 0 spiro atoms. The van der Waals surface area contributed by atoms with Gasteiger partial charge in [-0.15, -0.1) is 0 Å². The lowest BCUT2D eigenvalue weighted by molar-refractivity contribution is -0.123. The number of imide groups is 1.